The fraction of sp³-hybridized carbons (Fsp3) is 0.273. The van der Waals surface area contributed by atoms with Gasteiger partial charge in [0.2, 0.25) is 11.8 Å². The van der Waals surface area contributed by atoms with Crippen LogP contribution in [0.2, 0.25) is 0 Å². The summed E-state index contributed by atoms with van der Waals surface area (Å²) in [5, 5.41) is 5.45. The minimum atomic E-state index is -0.905. The molecule has 1 fully saturated rings. The molecule has 0 bridgehead atoms. The topological polar surface area (TPSA) is 108 Å². The van der Waals surface area contributed by atoms with Crippen LogP contribution in [0.5, 0.6) is 5.75 Å². The van der Waals surface area contributed by atoms with E-state index >= 15 is 0 Å². The van der Waals surface area contributed by atoms with Crippen LogP contribution in [0.25, 0.3) is 0 Å². The first kappa shape index (κ1) is 19.1. The maximum atomic E-state index is 13.2. The van der Waals surface area contributed by atoms with Gasteiger partial charge in [-0.3, -0.25) is 24.1 Å². The number of hydrogen-bond acceptors (Lipinski definition) is 5. The minimum Gasteiger partial charge on any atom is -0.482 e. The molecule has 1 atom stereocenters. The molecule has 0 radical (unpaired) electrons. The van der Waals surface area contributed by atoms with Crippen molar-refractivity contribution in [2.75, 3.05) is 28.7 Å². The molecule has 9 heteroatoms. The molecule has 3 aliphatic rings. The highest BCUT2D eigenvalue weighted by atomic mass is 16.5. The molecule has 0 aliphatic carbocycles. The molecule has 0 unspecified atom stereocenters. The van der Waals surface area contributed by atoms with E-state index in [-0.39, 0.29) is 30.9 Å². The summed E-state index contributed by atoms with van der Waals surface area (Å²) in [6.07, 6.45) is 0.752. The number of benzene rings is 2. The van der Waals surface area contributed by atoms with Crippen molar-refractivity contribution < 1.29 is 23.9 Å². The van der Waals surface area contributed by atoms with Gasteiger partial charge in [-0.2, -0.15) is 0 Å². The molecule has 4 amide bonds. The van der Waals surface area contributed by atoms with Crippen LogP contribution in [0.3, 0.4) is 0 Å². The Labute approximate surface area is 177 Å². The van der Waals surface area contributed by atoms with E-state index in [0.717, 1.165) is 0 Å². The molecule has 2 aromatic rings. The number of hydrogen-bond donors (Lipinski definition) is 2. The maximum absolute atomic E-state index is 13.2. The summed E-state index contributed by atoms with van der Waals surface area (Å²) in [5.41, 5.74) is 1.01. The van der Waals surface area contributed by atoms with Gasteiger partial charge in [-0.05, 0) is 43.7 Å². The fourth-order valence-corrected chi connectivity index (χ4v) is 4.45. The Bertz CT molecular complexity index is 1150. The molecule has 3 heterocycles. The maximum Gasteiger partial charge on any atom is 0.262 e. The number of fused-ring (bicyclic) bond motifs is 4. The lowest BCUT2D eigenvalue weighted by Crippen LogP contribution is -2.63. The summed E-state index contributed by atoms with van der Waals surface area (Å²) in [4.78, 5) is 53.3. The van der Waals surface area contributed by atoms with Crippen LogP contribution in [0, 0.1) is 0 Å². The second-order valence-corrected chi connectivity index (χ2v) is 7.95. The van der Waals surface area contributed by atoms with E-state index in [1.165, 1.54) is 4.90 Å². The number of carbonyl (C=O) groups is 4. The highest BCUT2D eigenvalue weighted by Gasteiger charge is 2.53. The van der Waals surface area contributed by atoms with Crippen LogP contribution in [-0.4, -0.2) is 47.3 Å². The van der Waals surface area contributed by atoms with E-state index < -0.39 is 11.6 Å². The Morgan fingerprint density at radius 2 is 2.00 bits per heavy atom. The molecule has 158 valence electrons. The number of nitrogens with zero attached hydrogens (tertiary/aromatic N) is 2. The predicted octanol–water partition coefficient (Wildman–Crippen LogP) is 1.95. The smallest absolute Gasteiger partial charge is 0.262 e. The minimum absolute atomic E-state index is 0.0505. The number of ether oxygens (including phenoxy) is 1. The number of anilines is 3. The first-order valence-electron chi connectivity index (χ1n) is 9.97. The second-order valence-electron chi connectivity index (χ2n) is 7.95. The van der Waals surface area contributed by atoms with Crippen LogP contribution in [0.4, 0.5) is 17.1 Å². The van der Waals surface area contributed by atoms with Crippen molar-refractivity contribution in [3.05, 3.63) is 48.0 Å². The van der Waals surface area contributed by atoms with Crippen molar-refractivity contribution in [1.29, 1.82) is 0 Å². The van der Waals surface area contributed by atoms with Gasteiger partial charge in [0.05, 0.1) is 16.9 Å². The molecule has 9 nitrogen and oxygen atoms in total. The number of amides is 4. The van der Waals surface area contributed by atoms with Gasteiger partial charge in [-0.25, -0.2) is 0 Å². The van der Waals surface area contributed by atoms with Crippen molar-refractivity contribution in [3.8, 4) is 5.75 Å². The Hall–Kier alpha value is -3.88. The predicted molar refractivity (Wildman–Crippen MR) is 112 cm³/mol. The van der Waals surface area contributed by atoms with Crippen LogP contribution in [0.1, 0.15) is 30.1 Å². The largest absolute Gasteiger partial charge is 0.482 e. The molecular formula is C22H20N4O5. The van der Waals surface area contributed by atoms with Gasteiger partial charge in [0, 0.05) is 12.1 Å². The first-order chi connectivity index (χ1) is 14.9. The molecular weight excluding hydrogens is 400 g/mol. The summed E-state index contributed by atoms with van der Waals surface area (Å²) >= 11 is 0. The van der Waals surface area contributed by atoms with E-state index in [4.69, 9.17) is 4.74 Å². The van der Waals surface area contributed by atoms with Gasteiger partial charge >= 0.3 is 0 Å². The van der Waals surface area contributed by atoms with Crippen LogP contribution in [-0.2, 0) is 14.4 Å². The lowest BCUT2D eigenvalue weighted by Gasteiger charge is -2.48. The number of carbonyl (C=O) groups excluding carboxylic acids is 4. The average Bonchev–Trinajstić information content (AvgIpc) is 3.06. The Kier molecular flexibility index (Phi) is 4.21. The molecule has 2 N–H and O–H groups in total. The summed E-state index contributed by atoms with van der Waals surface area (Å²) in [7, 11) is 0. The summed E-state index contributed by atoms with van der Waals surface area (Å²) < 4.78 is 5.32. The third-order valence-corrected chi connectivity index (χ3v) is 5.94. The Morgan fingerprint density at radius 1 is 1.19 bits per heavy atom. The zero-order valence-corrected chi connectivity index (χ0v) is 16.8. The second kappa shape index (κ2) is 6.83. The third kappa shape index (κ3) is 3.00. The van der Waals surface area contributed by atoms with Crippen LogP contribution >= 0.6 is 0 Å². The van der Waals surface area contributed by atoms with Crippen LogP contribution < -0.4 is 20.3 Å². The van der Waals surface area contributed by atoms with Crippen molar-refractivity contribution in [3.63, 3.8) is 0 Å². The van der Waals surface area contributed by atoms with Gasteiger partial charge in [0.25, 0.3) is 11.8 Å². The number of para-hydroxylation sites is 1. The van der Waals surface area contributed by atoms with Gasteiger partial charge in [-0.1, -0.05) is 12.1 Å². The molecule has 5 rings (SSSR count). The van der Waals surface area contributed by atoms with E-state index in [2.05, 4.69) is 10.6 Å². The summed E-state index contributed by atoms with van der Waals surface area (Å²) in [5.74, 6) is -0.514. The lowest BCUT2D eigenvalue weighted by molar-refractivity contribution is -0.120. The van der Waals surface area contributed by atoms with E-state index in [9.17, 15) is 19.2 Å². The molecule has 31 heavy (non-hydrogen) atoms. The molecule has 0 aromatic heterocycles. The third-order valence-electron chi connectivity index (χ3n) is 5.94. The highest BCUT2D eigenvalue weighted by molar-refractivity contribution is 6.11. The molecule has 2 aromatic carbocycles. The first-order valence-corrected chi connectivity index (χ1v) is 9.97. The van der Waals surface area contributed by atoms with Gasteiger partial charge in [0.15, 0.2) is 6.61 Å². The standard InChI is InChI=1S/C22H20N4O5/c1-22-9-8-20(29)26(22)16-5-3-2-4-14(16)21(30)25(22)11-18(27)23-13-6-7-17-15(10-13)24-19(28)12-31-17/h2-7,10H,8-9,11-12H2,1H3,(H,23,27)(H,24,28)/t22-/m0/s1. The lowest BCUT2D eigenvalue weighted by atomic mass is 9.98. The normalized spacial score (nSPS) is 21.6. The van der Waals surface area contributed by atoms with E-state index in [1.54, 1.807) is 47.4 Å². The van der Waals surface area contributed by atoms with E-state index in [1.807, 2.05) is 6.92 Å². The number of nitrogens with one attached hydrogen (secondary N) is 2. The molecule has 0 saturated carbocycles. The molecule has 3 aliphatic heterocycles. The fourth-order valence-electron chi connectivity index (χ4n) is 4.45. The Morgan fingerprint density at radius 3 is 2.84 bits per heavy atom. The monoisotopic (exact) mass is 420 g/mol. The zero-order valence-electron chi connectivity index (χ0n) is 16.8. The average molecular weight is 420 g/mol. The quantitative estimate of drug-likeness (QED) is 0.789. The van der Waals surface area contributed by atoms with Crippen molar-refractivity contribution in [1.82, 2.24) is 4.90 Å². The summed E-state index contributed by atoms with van der Waals surface area (Å²) in [6, 6.07) is 11.9. The van der Waals surface area contributed by atoms with Gasteiger partial charge < -0.3 is 20.3 Å². The van der Waals surface area contributed by atoms with Crippen molar-refractivity contribution in [2.24, 2.45) is 0 Å². The highest BCUT2D eigenvalue weighted by Crippen LogP contribution is 2.43. The van der Waals surface area contributed by atoms with Gasteiger partial charge in [-0.15, -0.1) is 0 Å². The van der Waals surface area contributed by atoms with Crippen LogP contribution in [0.15, 0.2) is 42.5 Å². The Balaban J connectivity index is 1.40. The summed E-state index contributed by atoms with van der Waals surface area (Å²) in [6.45, 7) is 1.54. The SMILES string of the molecule is C[C@@]12CCC(=O)N1c1ccccc1C(=O)N2CC(=O)Nc1ccc2c(c1)NC(=O)CO2. The van der Waals surface area contributed by atoms with E-state index in [0.29, 0.717) is 41.2 Å². The van der Waals surface area contributed by atoms with Crippen molar-refractivity contribution >= 4 is 40.7 Å². The molecule has 1 saturated heterocycles. The van der Waals surface area contributed by atoms with Gasteiger partial charge in [0.1, 0.15) is 18.0 Å². The number of rotatable bonds is 3. The van der Waals surface area contributed by atoms with Crippen molar-refractivity contribution in [2.45, 2.75) is 25.4 Å². The molecule has 0 spiro atoms. The zero-order chi connectivity index (χ0) is 21.8.